The molecule has 0 saturated carbocycles. The first-order valence-corrected chi connectivity index (χ1v) is 7.42. The Kier molecular flexibility index (Phi) is 3.13. The number of fused-ring (bicyclic) bond motifs is 2. The van der Waals surface area contributed by atoms with Crippen molar-refractivity contribution in [3.05, 3.63) is 81.6 Å². The first-order chi connectivity index (χ1) is 11.6. The van der Waals surface area contributed by atoms with Crippen molar-refractivity contribution in [3.8, 4) is 0 Å². The summed E-state index contributed by atoms with van der Waals surface area (Å²) < 4.78 is 0. The zero-order valence-electron chi connectivity index (χ0n) is 12.5. The number of aromatic nitrogens is 1. The second-order valence-corrected chi connectivity index (χ2v) is 5.53. The Morgan fingerprint density at radius 2 is 1.50 bits per heavy atom. The maximum atomic E-state index is 12.3. The SMILES string of the molecule is O=C1NC(=O)c2ccccc2C1=Cc1cc2ccccc2[nH]c1=O. The maximum Gasteiger partial charge on any atom is 0.258 e. The average Bonchev–Trinajstić information content (AvgIpc) is 2.59. The molecule has 0 atom stereocenters. The number of amides is 2. The van der Waals surface area contributed by atoms with E-state index in [1.54, 1.807) is 30.3 Å². The lowest BCUT2D eigenvalue weighted by Crippen LogP contribution is -2.36. The van der Waals surface area contributed by atoms with E-state index >= 15 is 0 Å². The number of hydrogen-bond acceptors (Lipinski definition) is 3. The highest BCUT2D eigenvalue weighted by atomic mass is 16.2. The van der Waals surface area contributed by atoms with Crippen molar-refractivity contribution in [2.24, 2.45) is 0 Å². The summed E-state index contributed by atoms with van der Waals surface area (Å²) in [6.07, 6.45) is 1.52. The van der Waals surface area contributed by atoms with Crippen LogP contribution in [0, 0.1) is 0 Å². The number of pyridine rings is 1. The zero-order chi connectivity index (χ0) is 16.7. The molecule has 0 spiro atoms. The Bertz CT molecular complexity index is 1090. The van der Waals surface area contributed by atoms with Gasteiger partial charge in [-0.15, -0.1) is 0 Å². The molecule has 2 aromatic carbocycles. The van der Waals surface area contributed by atoms with Crippen LogP contribution in [0.15, 0.2) is 59.4 Å². The highest BCUT2D eigenvalue weighted by molar-refractivity contribution is 6.33. The van der Waals surface area contributed by atoms with Crippen molar-refractivity contribution in [3.63, 3.8) is 0 Å². The van der Waals surface area contributed by atoms with Gasteiger partial charge in [-0.3, -0.25) is 19.7 Å². The van der Waals surface area contributed by atoms with E-state index < -0.39 is 11.8 Å². The van der Waals surface area contributed by atoms with E-state index in [0.29, 0.717) is 22.3 Å². The summed E-state index contributed by atoms with van der Waals surface area (Å²) in [7, 11) is 0. The van der Waals surface area contributed by atoms with E-state index in [4.69, 9.17) is 0 Å². The Hall–Kier alpha value is -3.47. The van der Waals surface area contributed by atoms with Crippen LogP contribution in [0.2, 0.25) is 0 Å². The van der Waals surface area contributed by atoms with E-state index in [9.17, 15) is 14.4 Å². The number of H-pyrrole nitrogens is 1. The molecule has 1 aromatic heterocycles. The normalized spacial score (nSPS) is 15.4. The van der Waals surface area contributed by atoms with Crippen molar-refractivity contribution in [1.82, 2.24) is 10.3 Å². The Balaban J connectivity index is 1.94. The van der Waals surface area contributed by atoms with Gasteiger partial charge >= 0.3 is 0 Å². The zero-order valence-corrected chi connectivity index (χ0v) is 12.5. The molecule has 0 fully saturated rings. The molecule has 5 nitrogen and oxygen atoms in total. The molecule has 0 bridgehead atoms. The molecule has 0 saturated heterocycles. The topological polar surface area (TPSA) is 79.0 Å². The van der Waals surface area contributed by atoms with Crippen molar-refractivity contribution >= 4 is 34.4 Å². The van der Waals surface area contributed by atoms with Gasteiger partial charge in [-0.05, 0) is 35.2 Å². The maximum absolute atomic E-state index is 12.3. The second-order valence-electron chi connectivity index (χ2n) is 5.53. The number of carbonyl (C=O) groups is 2. The van der Waals surface area contributed by atoms with Gasteiger partial charge in [0.25, 0.3) is 17.4 Å². The number of aromatic amines is 1. The van der Waals surface area contributed by atoms with E-state index in [-0.39, 0.29) is 5.56 Å². The molecule has 116 valence electrons. The molecule has 2 heterocycles. The lowest BCUT2D eigenvalue weighted by Gasteiger charge is -2.17. The summed E-state index contributed by atoms with van der Waals surface area (Å²) in [5.74, 6) is -0.938. The van der Waals surface area contributed by atoms with Gasteiger partial charge in [-0.25, -0.2) is 0 Å². The summed E-state index contributed by atoms with van der Waals surface area (Å²) in [6, 6.07) is 16.0. The molecule has 3 aromatic rings. The van der Waals surface area contributed by atoms with Gasteiger partial charge in [-0.1, -0.05) is 36.4 Å². The number of imide groups is 1. The number of nitrogens with one attached hydrogen (secondary N) is 2. The molecular weight excluding hydrogens is 304 g/mol. The number of rotatable bonds is 1. The minimum absolute atomic E-state index is 0.289. The average molecular weight is 316 g/mol. The first kappa shape index (κ1) is 14.1. The highest BCUT2D eigenvalue weighted by Crippen LogP contribution is 2.25. The molecule has 1 aliphatic rings. The molecular formula is C19H12N2O3. The predicted octanol–water partition coefficient (Wildman–Crippen LogP) is 2.34. The number of carbonyl (C=O) groups excluding carboxylic acids is 2. The van der Waals surface area contributed by atoms with Gasteiger partial charge in [-0.2, -0.15) is 0 Å². The minimum Gasteiger partial charge on any atom is -0.321 e. The molecule has 0 aliphatic carbocycles. The van der Waals surface area contributed by atoms with Crippen LogP contribution in [0.3, 0.4) is 0 Å². The fourth-order valence-electron chi connectivity index (χ4n) is 2.85. The second kappa shape index (κ2) is 5.31. The van der Waals surface area contributed by atoms with Crippen LogP contribution in [0.25, 0.3) is 22.6 Å². The Labute approximate surface area is 136 Å². The molecule has 0 unspecified atom stereocenters. The third kappa shape index (κ3) is 2.23. The van der Waals surface area contributed by atoms with Gasteiger partial charge < -0.3 is 4.98 Å². The monoisotopic (exact) mass is 316 g/mol. The van der Waals surface area contributed by atoms with E-state index in [2.05, 4.69) is 10.3 Å². The van der Waals surface area contributed by atoms with Crippen LogP contribution < -0.4 is 10.9 Å². The quantitative estimate of drug-likeness (QED) is 0.534. The van der Waals surface area contributed by atoms with Crippen LogP contribution >= 0.6 is 0 Å². The third-order valence-electron chi connectivity index (χ3n) is 4.02. The van der Waals surface area contributed by atoms with Crippen LogP contribution in [0.5, 0.6) is 0 Å². The van der Waals surface area contributed by atoms with Gasteiger partial charge in [0.15, 0.2) is 0 Å². The first-order valence-electron chi connectivity index (χ1n) is 7.42. The third-order valence-corrected chi connectivity index (χ3v) is 4.02. The molecule has 5 heteroatoms. The Morgan fingerprint density at radius 1 is 0.792 bits per heavy atom. The van der Waals surface area contributed by atoms with Gasteiger partial charge in [0.1, 0.15) is 0 Å². The van der Waals surface area contributed by atoms with Crippen LogP contribution in [-0.2, 0) is 4.79 Å². The molecule has 24 heavy (non-hydrogen) atoms. The lowest BCUT2D eigenvalue weighted by molar-refractivity contribution is -0.114. The number of hydrogen-bond donors (Lipinski definition) is 2. The van der Waals surface area contributed by atoms with E-state index in [0.717, 1.165) is 10.9 Å². The smallest absolute Gasteiger partial charge is 0.258 e. The summed E-state index contributed by atoms with van der Waals surface area (Å²) in [5.41, 5.74) is 2.05. The minimum atomic E-state index is -0.508. The van der Waals surface area contributed by atoms with Gasteiger partial charge in [0, 0.05) is 22.2 Å². The summed E-state index contributed by atoms with van der Waals surface area (Å²) in [6.45, 7) is 0. The molecule has 2 amide bonds. The standard InChI is InChI=1S/C19H12N2O3/c22-17-12(9-11-5-1-4-8-16(11)20-17)10-15-13-6-2-3-7-14(13)18(23)21-19(15)24/h1-10H,(H,20,22)(H,21,23,24). The van der Waals surface area contributed by atoms with E-state index in [1.165, 1.54) is 6.08 Å². The lowest BCUT2D eigenvalue weighted by atomic mass is 9.93. The molecule has 4 rings (SSSR count). The molecule has 2 N–H and O–H groups in total. The fraction of sp³-hybridized carbons (Fsp3) is 0. The van der Waals surface area contributed by atoms with Crippen molar-refractivity contribution in [2.45, 2.75) is 0 Å². The van der Waals surface area contributed by atoms with Crippen molar-refractivity contribution in [2.75, 3.05) is 0 Å². The van der Waals surface area contributed by atoms with Gasteiger partial charge in [0.2, 0.25) is 0 Å². The largest absolute Gasteiger partial charge is 0.321 e. The predicted molar refractivity (Wildman–Crippen MR) is 91.4 cm³/mol. The van der Waals surface area contributed by atoms with Crippen LogP contribution in [0.1, 0.15) is 21.5 Å². The number of benzene rings is 2. The van der Waals surface area contributed by atoms with Gasteiger partial charge in [0.05, 0.1) is 0 Å². The van der Waals surface area contributed by atoms with Crippen LogP contribution in [0.4, 0.5) is 0 Å². The summed E-state index contributed by atoms with van der Waals surface area (Å²) in [5, 5.41) is 3.17. The summed E-state index contributed by atoms with van der Waals surface area (Å²) >= 11 is 0. The fourth-order valence-corrected chi connectivity index (χ4v) is 2.85. The highest BCUT2D eigenvalue weighted by Gasteiger charge is 2.26. The van der Waals surface area contributed by atoms with Crippen molar-refractivity contribution in [1.29, 1.82) is 0 Å². The van der Waals surface area contributed by atoms with Crippen molar-refractivity contribution < 1.29 is 9.59 Å². The molecule has 1 aliphatic heterocycles. The molecule has 0 radical (unpaired) electrons. The number of para-hydroxylation sites is 1. The summed E-state index contributed by atoms with van der Waals surface area (Å²) in [4.78, 5) is 39.2. The Morgan fingerprint density at radius 3 is 2.33 bits per heavy atom. The van der Waals surface area contributed by atoms with Crippen LogP contribution in [-0.4, -0.2) is 16.8 Å². The van der Waals surface area contributed by atoms with E-state index in [1.807, 2.05) is 24.3 Å².